The number of aromatic nitrogens is 3. The van der Waals surface area contributed by atoms with Gasteiger partial charge in [0.2, 0.25) is 5.91 Å². The molecule has 3 saturated heterocycles. The highest BCUT2D eigenvalue weighted by Gasteiger charge is 2.35. The quantitative estimate of drug-likeness (QED) is 0.209. The van der Waals surface area contributed by atoms with Gasteiger partial charge in [-0.15, -0.1) is 0 Å². The van der Waals surface area contributed by atoms with Crippen molar-refractivity contribution in [3.8, 4) is 0 Å². The summed E-state index contributed by atoms with van der Waals surface area (Å²) >= 11 is 0. The zero-order valence-electron chi connectivity index (χ0n) is 31.1. The van der Waals surface area contributed by atoms with Gasteiger partial charge in [0.1, 0.15) is 6.04 Å². The molecule has 282 valence electrons. The second-order valence-electron chi connectivity index (χ2n) is 15.2. The summed E-state index contributed by atoms with van der Waals surface area (Å²) in [5.41, 5.74) is 5.84. The van der Waals surface area contributed by atoms with E-state index in [2.05, 4.69) is 47.3 Å². The van der Waals surface area contributed by atoms with Gasteiger partial charge in [-0.1, -0.05) is 50.2 Å². The van der Waals surface area contributed by atoms with Gasteiger partial charge in [-0.3, -0.25) is 24.0 Å². The van der Waals surface area contributed by atoms with Crippen molar-refractivity contribution >= 4 is 39.8 Å². The Hall–Kier alpha value is -4.71. The van der Waals surface area contributed by atoms with Crippen molar-refractivity contribution in [3.05, 3.63) is 75.8 Å². The molecule has 0 unspecified atom stereocenters. The van der Waals surface area contributed by atoms with E-state index in [9.17, 15) is 19.2 Å². The maximum atomic E-state index is 14.3. The first kappa shape index (κ1) is 36.6. The summed E-state index contributed by atoms with van der Waals surface area (Å²) < 4.78 is 1.80. The van der Waals surface area contributed by atoms with Crippen LogP contribution in [0.15, 0.2) is 53.5 Å². The van der Waals surface area contributed by atoms with E-state index in [1.54, 1.807) is 15.7 Å². The van der Waals surface area contributed by atoms with Gasteiger partial charge in [-0.05, 0) is 99.0 Å². The van der Waals surface area contributed by atoms with Crippen LogP contribution in [-0.2, 0) is 28.9 Å². The molecule has 3 fully saturated rings. The fourth-order valence-electron chi connectivity index (χ4n) is 9.15. The Morgan fingerprint density at radius 2 is 1.53 bits per heavy atom. The monoisotopic (exact) mass is 723 g/mol. The summed E-state index contributed by atoms with van der Waals surface area (Å²) in [4.78, 5) is 65.9. The number of likely N-dealkylation sites (tertiary alicyclic amines) is 3. The van der Waals surface area contributed by atoms with E-state index in [0.29, 0.717) is 57.3 Å². The van der Waals surface area contributed by atoms with Gasteiger partial charge in [0.05, 0.1) is 29.3 Å². The molecule has 2 aromatic heterocycles. The molecule has 4 aromatic rings. The number of hydrogen-bond acceptors (Lipinski definition) is 6. The minimum Gasteiger partial charge on any atom is -0.480 e. The Balaban J connectivity index is 1.01. The number of fused-ring (bicyclic) bond motifs is 3. The number of hydrogen-bond donors (Lipinski definition) is 3. The van der Waals surface area contributed by atoms with Crippen LogP contribution in [0, 0.1) is 11.8 Å². The van der Waals surface area contributed by atoms with Crippen molar-refractivity contribution in [2.75, 3.05) is 45.8 Å². The van der Waals surface area contributed by atoms with Gasteiger partial charge in [0, 0.05) is 44.0 Å². The third kappa shape index (κ3) is 7.97. The number of carbonyl (C=O) groups is 3. The van der Waals surface area contributed by atoms with E-state index in [-0.39, 0.29) is 30.2 Å². The number of benzene rings is 2. The number of H-pyrrole nitrogens is 1. The molecule has 7 rings (SSSR count). The van der Waals surface area contributed by atoms with E-state index >= 15 is 0 Å². The van der Waals surface area contributed by atoms with Crippen LogP contribution >= 0.6 is 0 Å². The number of nitrogens with zero attached hydrogens (tertiary/aromatic N) is 5. The van der Waals surface area contributed by atoms with E-state index in [4.69, 9.17) is 5.11 Å². The lowest BCUT2D eigenvalue weighted by Crippen LogP contribution is -2.55. The van der Waals surface area contributed by atoms with Crippen LogP contribution in [0.4, 0.5) is 4.79 Å². The number of carbonyl (C=O) groups excluding carboxylic acids is 2. The van der Waals surface area contributed by atoms with Crippen molar-refractivity contribution in [2.24, 2.45) is 11.8 Å². The highest BCUT2D eigenvalue weighted by atomic mass is 16.4. The number of carboxylic acids is 1. The van der Waals surface area contributed by atoms with Crippen molar-refractivity contribution in [3.63, 3.8) is 0 Å². The maximum Gasteiger partial charge on any atom is 0.326 e. The van der Waals surface area contributed by atoms with Crippen LogP contribution in [0.3, 0.4) is 0 Å². The van der Waals surface area contributed by atoms with E-state index in [0.717, 1.165) is 79.1 Å². The minimum absolute atomic E-state index is 0.0364. The van der Waals surface area contributed by atoms with E-state index in [1.807, 2.05) is 34.1 Å². The van der Waals surface area contributed by atoms with Gasteiger partial charge in [-0.2, -0.15) is 0 Å². The van der Waals surface area contributed by atoms with Crippen molar-refractivity contribution < 1.29 is 19.5 Å². The predicted molar refractivity (Wildman–Crippen MR) is 205 cm³/mol. The molecule has 2 aromatic carbocycles. The normalized spacial score (nSPS) is 18.8. The first-order valence-corrected chi connectivity index (χ1v) is 19.6. The summed E-state index contributed by atoms with van der Waals surface area (Å²) in [5.74, 6) is 0.262. The Labute approximate surface area is 310 Å². The number of amides is 3. The third-order valence-electron chi connectivity index (χ3n) is 12.2. The zero-order valence-corrected chi connectivity index (χ0v) is 31.1. The second-order valence-corrected chi connectivity index (χ2v) is 15.2. The lowest BCUT2D eigenvalue weighted by atomic mass is 9.78. The summed E-state index contributed by atoms with van der Waals surface area (Å²) in [6.45, 7) is 8.29. The number of piperidine rings is 3. The number of urea groups is 1. The van der Waals surface area contributed by atoms with E-state index < -0.39 is 12.0 Å². The van der Waals surface area contributed by atoms with Crippen LogP contribution in [0.1, 0.15) is 75.1 Å². The number of aromatic amines is 1. The van der Waals surface area contributed by atoms with Crippen molar-refractivity contribution in [1.29, 1.82) is 0 Å². The van der Waals surface area contributed by atoms with Gasteiger partial charge in [-0.25, -0.2) is 9.59 Å². The molecule has 3 N–H and O–H groups in total. The van der Waals surface area contributed by atoms with E-state index in [1.165, 1.54) is 11.1 Å². The topological polar surface area (TPSA) is 144 Å². The standard InChI is InChI=1S/C41H53N7O5/c1-3-28-10-9-27(23-29(28)4-2)24-35(39(51)46-19-13-31(14-20-46)30-11-17-45(18-12-30)26-37(49)50)43-40(52)47-21-15-32(16-22-47)48-36-25-42-34-8-6-5-7-33(34)38(36)44-41(48)53/h5-10,23,25,30-32,35H,3-4,11-22,24,26H2,1-2H3,(H,43,52)(H,44,53)(H,49,50)/t35-/m1/s1. The van der Waals surface area contributed by atoms with Crippen LogP contribution < -0.4 is 11.0 Å². The number of aryl methyl sites for hydroxylation is 2. The first-order chi connectivity index (χ1) is 25.7. The Kier molecular flexibility index (Phi) is 11.1. The summed E-state index contributed by atoms with van der Waals surface area (Å²) in [7, 11) is 0. The fraction of sp³-hybridized carbons (Fsp3) is 0.537. The van der Waals surface area contributed by atoms with Crippen molar-refractivity contribution in [2.45, 2.75) is 83.7 Å². The van der Waals surface area contributed by atoms with Crippen LogP contribution in [0.2, 0.25) is 0 Å². The summed E-state index contributed by atoms with van der Waals surface area (Å²) in [6.07, 6.45) is 9.12. The predicted octanol–water partition coefficient (Wildman–Crippen LogP) is 5.00. The number of carboxylic acid groups (broad SMARTS) is 1. The van der Waals surface area contributed by atoms with Crippen LogP contribution in [0.25, 0.3) is 21.9 Å². The molecule has 0 radical (unpaired) electrons. The molecule has 1 atom stereocenters. The molecule has 53 heavy (non-hydrogen) atoms. The number of pyridine rings is 1. The second kappa shape index (κ2) is 16.1. The van der Waals surface area contributed by atoms with Crippen LogP contribution in [0.5, 0.6) is 0 Å². The largest absolute Gasteiger partial charge is 0.480 e. The average molecular weight is 724 g/mol. The smallest absolute Gasteiger partial charge is 0.326 e. The molecule has 3 amide bonds. The number of imidazole rings is 1. The zero-order chi connectivity index (χ0) is 37.1. The molecular formula is C41H53N7O5. The Morgan fingerprint density at radius 3 is 2.21 bits per heavy atom. The van der Waals surface area contributed by atoms with Gasteiger partial charge >= 0.3 is 17.7 Å². The number of para-hydroxylation sites is 1. The molecule has 12 nitrogen and oxygen atoms in total. The molecule has 0 aliphatic carbocycles. The average Bonchev–Trinajstić information content (AvgIpc) is 3.53. The molecule has 3 aliphatic rings. The minimum atomic E-state index is -0.775. The molecule has 12 heteroatoms. The molecule has 0 spiro atoms. The molecule has 5 heterocycles. The molecular weight excluding hydrogens is 670 g/mol. The highest BCUT2D eigenvalue weighted by molar-refractivity contribution is 6.01. The van der Waals surface area contributed by atoms with Gasteiger partial charge < -0.3 is 25.2 Å². The lowest BCUT2D eigenvalue weighted by molar-refractivity contribution is -0.138. The fourth-order valence-corrected chi connectivity index (χ4v) is 9.15. The molecule has 0 saturated carbocycles. The summed E-state index contributed by atoms with van der Waals surface area (Å²) in [5, 5.41) is 13.2. The van der Waals surface area contributed by atoms with Crippen molar-refractivity contribution in [1.82, 2.24) is 34.6 Å². The summed E-state index contributed by atoms with van der Waals surface area (Å²) in [6, 6.07) is 13.2. The highest BCUT2D eigenvalue weighted by Crippen LogP contribution is 2.33. The van der Waals surface area contributed by atoms with Gasteiger partial charge in [0.15, 0.2) is 0 Å². The maximum absolute atomic E-state index is 14.3. The number of aliphatic carboxylic acids is 1. The third-order valence-corrected chi connectivity index (χ3v) is 12.2. The SMILES string of the molecule is CCc1ccc(C[C@@H](NC(=O)N2CCC(n3c(=O)[nH]c4c5ccccc5ncc43)CC2)C(=O)N2CCC(C3CCN(CC(=O)O)CC3)CC2)cc1CC. The Bertz CT molecular complexity index is 2000. The first-order valence-electron chi connectivity index (χ1n) is 19.6. The Morgan fingerprint density at radius 1 is 0.868 bits per heavy atom. The number of rotatable bonds is 10. The van der Waals surface area contributed by atoms with Gasteiger partial charge in [0.25, 0.3) is 0 Å². The number of nitrogens with one attached hydrogen (secondary N) is 2. The molecule has 0 bridgehead atoms. The molecule has 3 aliphatic heterocycles. The van der Waals surface area contributed by atoms with Crippen LogP contribution in [-0.4, -0.2) is 104 Å². The lowest BCUT2D eigenvalue weighted by Gasteiger charge is -2.41.